The van der Waals surface area contributed by atoms with Gasteiger partial charge >= 0.3 is 0 Å². The lowest BCUT2D eigenvalue weighted by molar-refractivity contribution is -0.384. The molecule has 1 N–H and O–H groups in total. The third-order valence-corrected chi connectivity index (χ3v) is 4.95. The van der Waals surface area contributed by atoms with Gasteiger partial charge in [0.2, 0.25) is 0 Å². The quantitative estimate of drug-likeness (QED) is 0.474. The zero-order valence-electron chi connectivity index (χ0n) is 16.6. The Morgan fingerprint density at radius 1 is 0.931 bits per heavy atom. The molecule has 1 atom stereocenters. The van der Waals surface area contributed by atoms with E-state index in [2.05, 4.69) is 5.32 Å². The molecule has 0 aliphatic heterocycles. The molecule has 29 heavy (non-hydrogen) atoms. The molecule has 0 unspecified atom stereocenters. The van der Waals surface area contributed by atoms with Crippen molar-refractivity contribution in [2.45, 2.75) is 19.9 Å². The van der Waals surface area contributed by atoms with Gasteiger partial charge in [-0.2, -0.15) is 0 Å². The van der Waals surface area contributed by atoms with Crippen LogP contribution in [0.4, 0.5) is 17.1 Å². The first-order valence-electron chi connectivity index (χ1n) is 9.28. The number of carbonyl (C=O) groups excluding carboxylic acids is 1. The summed E-state index contributed by atoms with van der Waals surface area (Å²) in [5, 5.41) is 14.1. The predicted molar refractivity (Wildman–Crippen MR) is 115 cm³/mol. The Hall–Kier alpha value is -3.67. The van der Waals surface area contributed by atoms with Crippen LogP contribution in [0.3, 0.4) is 0 Å². The highest BCUT2D eigenvalue weighted by atomic mass is 16.6. The molecule has 148 valence electrons. The fraction of sp³-hybridized carbons (Fsp3) is 0.174. The minimum absolute atomic E-state index is 0.00924. The number of benzene rings is 3. The van der Waals surface area contributed by atoms with E-state index in [1.54, 1.807) is 12.1 Å². The molecule has 0 radical (unpaired) electrons. The maximum Gasteiger partial charge on any atom is 0.269 e. The first-order chi connectivity index (χ1) is 13.9. The normalized spacial score (nSPS) is 11.6. The summed E-state index contributed by atoms with van der Waals surface area (Å²) in [5.41, 5.74) is 4.26. The van der Waals surface area contributed by atoms with Gasteiger partial charge in [0, 0.05) is 30.6 Å². The number of amides is 1. The largest absolute Gasteiger partial charge is 0.359 e. The van der Waals surface area contributed by atoms with E-state index in [9.17, 15) is 14.9 Å². The van der Waals surface area contributed by atoms with Gasteiger partial charge in [-0.05, 0) is 54.8 Å². The van der Waals surface area contributed by atoms with Gasteiger partial charge < -0.3 is 10.2 Å². The monoisotopic (exact) mass is 389 g/mol. The Labute approximate surface area is 169 Å². The number of nitro benzene ring substituents is 1. The number of para-hydroxylation sites is 2. The Bertz CT molecular complexity index is 997. The molecular weight excluding hydrogens is 366 g/mol. The number of hydrogen-bond donors (Lipinski definition) is 1. The van der Waals surface area contributed by atoms with Gasteiger partial charge in [-0.15, -0.1) is 0 Å². The molecule has 0 aliphatic carbocycles. The standard InChI is InChI=1S/C23H23N3O3/c1-16-8-7-9-17(2)21(16)24-23(27)22(25(3)19-10-5-4-6-11-19)18-12-14-20(15-13-18)26(28)29/h4-15,22H,1-3H3,(H,24,27)/t22-/m1/s1. The van der Waals surface area contributed by atoms with Gasteiger partial charge in [0.15, 0.2) is 0 Å². The first-order valence-corrected chi connectivity index (χ1v) is 9.28. The molecule has 6 heteroatoms. The number of carbonyl (C=O) groups is 1. The van der Waals surface area contributed by atoms with Crippen LogP contribution in [0.25, 0.3) is 0 Å². The molecule has 0 saturated heterocycles. The van der Waals surface area contributed by atoms with Crippen LogP contribution in [0.15, 0.2) is 72.8 Å². The summed E-state index contributed by atoms with van der Waals surface area (Å²) < 4.78 is 0. The van der Waals surface area contributed by atoms with Gasteiger partial charge in [-0.1, -0.05) is 36.4 Å². The Kier molecular flexibility index (Phi) is 5.93. The molecule has 3 rings (SSSR count). The predicted octanol–water partition coefficient (Wildman–Crippen LogP) is 5.03. The van der Waals surface area contributed by atoms with E-state index in [0.717, 1.165) is 22.5 Å². The lowest BCUT2D eigenvalue weighted by atomic mass is 10.0. The Morgan fingerprint density at radius 3 is 2.07 bits per heavy atom. The summed E-state index contributed by atoms with van der Waals surface area (Å²) in [4.78, 5) is 25.8. The van der Waals surface area contributed by atoms with Crippen molar-refractivity contribution in [2.75, 3.05) is 17.3 Å². The third kappa shape index (κ3) is 4.43. The van der Waals surface area contributed by atoms with Crippen molar-refractivity contribution < 1.29 is 9.72 Å². The molecule has 1 amide bonds. The summed E-state index contributed by atoms with van der Waals surface area (Å²) in [6.45, 7) is 3.90. The molecule has 0 aromatic heterocycles. The lowest BCUT2D eigenvalue weighted by Crippen LogP contribution is -2.35. The zero-order valence-corrected chi connectivity index (χ0v) is 16.6. The second kappa shape index (κ2) is 8.56. The van der Waals surface area contributed by atoms with Gasteiger partial charge in [-0.3, -0.25) is 14.9 Å². The molecule has 3 aromatic carbocycles. The second-order valence-electron chi connectivity index (χ2n) is 6.95. The van der Waals surface area contributed by atoms with Crippen LogP contribution in [-0.2, 0) is 4.79 Å². The van der Waals surface area contributed by atoms with Crippen molar-refractivity contribution in [3.05, 3.63) is 99.6 Å². The molecule has 6 nitrogen and oxygen atoms in total. The molecule has 0 heterocycles. The molecule has 3 aromatic rings. The summed E-state index contributed by atoms with van der Waals surface area (Å²) in [6, 6.07) is 20.9. The minimum Gasteiger partial charge on any atom is -0.359 e. The zero-order chi connectivity index (χ0) is 21.0. The Morgan fingerprint density at radius 2 is 1.52 bits per heavy atom. The van der Waals surface area contributed by atoms with Crippen molar-refractivity contribution in [3.63, 3.8) is 0 Å². The molecule has 0 bridgehead atoms. The highest BCUT2D eigenvalue weighted by molar-refractivity contribution is 5.98. The number of nitro groups is 1. The van der Waals surface area contributed by atoms with E-state index in [-0.39, 0.29) is 11.6 Å². The van der Waals surface area contributed by atoms with Crippen LogP contribution >= 0.6 is 0 Å². The average Bonchev–Trinajstić information content (AvgIpc) is 2.72. The molecule has 0 fully saturated rings. The van der Waals surface area contributed by atoms with E-state index >= 15 is 0 Å². The van der Waals surface area contributed by atoms with E-state index in [4.69, 9.17) is 0 Å². The van der Waals surface area contributed by atoms with Crippen LogP contribution in [0.2, 0.25) is 0 Å². The summed E-state index contributed by atoms with van der Waals surface area (Å²) >= 11 is 0. The third-order valence-electron chi connectivity index (χ3n) is 4.95. The maximum atomic E-state index is 13.4. The highest BCUT2D eigenvalue weighted by Gasteiger charge is 2.27. The van der Waals surface area contributed by atoms with Crippen LogP contribution in [0.5, 0.6) is 0 Å². The second-order valence-corrected chi connectivity index (χ2v) is 6.95. The number of hydrogen-bond acceptors (Lipinski definition) is 4. The van der Waals surface area contributed by atoms with Crippen LogP contribution < -0.4 is 10.2 Å². The summed E-state index contributed by atoms with van der Waals surface area (Å²) in [7, 11) is 1.84. The van der Waals surface area contributed by atoms with E-state index in [0.29, 0.717) is 5.56 Å². The number of likely N-dealkylation sites (N-methyl/N-ethyl adjacent to an activating group) is 1. The number of anilines is 2. The topological polar surface area (TPSA) is 75.5 Å². The van der Waals surface area contributed by atoms with Crippen molar-refractivity contribution in [1.29, 1.82) is 0 Å². The highest BCUT2D eigenvalue weighted by Crippen LogP contribution is 2.29. The van der Waals surface area contributed by atoms with Gasteiger partial charge in [0.1, 0.15) is 6.04 Å². The molecule has 0 saturated carbocycles. The van der Waals surface area contributed by atoms with Gasteiger partial charge in [0.05, 0.1) is 4.92 Å². The smallest absolute Gasteiger partial charge is 0.269 e. The fourth-order valence-corrected chi connectivity index (χ4v) is 3.34. The molecular formula is C23H23N3O3. The van der Waals surface area contributed by atoms with E-state index in [1.165, 1.54) is 12.1 Å². The van der Waals surface area contributed by atoms with Gasteiger partial charge in [-0.25, -0.2) is 0 Å². The van der Waals surface area contributed by atoms with Gasteiger partial charge in [0.25, 0.3) is 11.6 Å². The van der Waals surface area contributed by atoms with Crippen molar-refractivity contribution in [3.8, 4) is 0 Å². The molecule has 0 aliphatic rings. The average molecular weight is 389 g/mol. The summed E-state index contributed by atoms with van der Waals surface area (Å²) in [5.74, 6) is -0.206. The van der Waals surface area contributed by atoms with Crippen molar-refractivity contribution >= 4 is 23.0 Å². The number of non-ortho nitro benzene ring substituents is 1. The Balaban J connectivity index is 2.00. The number of nitrogens with one attached hydrogen (secondary N) is 1. The van der Waals surface area contributed by atoms with Crippen LogP contribution in [0.1, 0.15) is 22.7 Å². The van der Waals surface area contributed by atoms with Crippen molar-refractivity contribution in [1.82, 2.24) is 0 Å². The first kappa shape index (κ1) is 20.1. The SMILES string of the molecule is Cc1cccc(C)c1NC(=O)[C@@H](c1ccc([N+](=O)[O-])cc1)N(C)c1ccccc1. The van der Waals surface area contributed by atoms with Crippen LogP contribution in [-0.4, -0.2) is 17.9 Å². The number of aryl methyl sites for hydroxylation is 2. The van der Waals surface area contributed by atoms with E-state index in [1.807, 2.05) is 74.3 Å². The van der Waals surface area contributed by atoms with Crippen LogP contribution in [0, 0.1) is 24.0 Å². The fourth-order valence-electron chi connectivity index (χ4n) is 3.34. The number of nitrogens with zero attached hydrogens (tertiary/aromatic N) is 2. The van der Waals surface area contributed by atoms with Crippen molar-refractivity contribution in [2.24, 2.45) is 0 Å². The maximum absolute atomic E-state index is 13.4. The number of rotatable bonds is 6. The minimum atomic E-state index is -0.655. The molecule has 0 spiro atoms. The summed E-state index contributed by atoms with van der Waals surface area (Å²) in [6.07, 6.45) is 0. The van der Waals surface area contributed by atoms with E-state index < -0.39 is 11.0 Å². The lowest BCUT2D eigenvalue weighted by Gasteiger charge is -2.30.